The quantitative estimate of drug-likeness (QED) is 0.274. The number of benzene rings is 2. The summed E-state index contributed by atoms with van der Waals surface area (Å²) < 4.78 is 10.9. The second kappa shape index (κ2) is 16.0. The fourth-order valence-electron chi connectivity index (χ4n) is 7.99. The number of esters is 1. The first kappa shape index (κ1) is 35.2. The number of nitrogens with one attached hydrogen (secondary N) is 1. The highest BCUT2D eigenvalue weighted by atomic mass is 35.5. The molecule has 2 aromatic rings. The second-order valence-electron chi connectivity index (χ2n) is 13.9. The predicted molar refractivity (Wildman–Crippen MR) is 191 cm³/mol. The molecule has 10 nitrogen and oxygen atoms in total. The molecule has 6 rings (SSSR count). The predicted octanol–water partition coefficient (Wildman–Crippen LogP) is 5.51. The fraction of sp³-hybridized carbons (Fsp3) is 0.553. The Hall–Kier alpha value is -3.60. The van der Waals surface area contributed by atoms with Crippen LogP contribution >= 0.6 is 11.6 Å². The van der Waals surface area contributed by atoms with Crippen LogP contribution in [-0.2, 0) is 27.2 Å². The van der Waals surface area contributed by atoms with Gasteiger partial charge < -0.3 is 29.5 Å². The number of carbonyl (C=O) groups is 3. The van der Waals surface area contributed by atoms with Crippen LogP contribution in [0.4, 0.5) is 10.5 Å². The van der Waals surface area contributed by atoms with E-state index in [1.165, 1.54) is 12.5 Å². The molecule has 264 valence electrons. The number of ether oxygens (including phenoxy) is 2. The maximum Gasteiger partial charge on any atom is 0.322 e. The zero-order valence-corrected chi connectivity index (χ0v) is 29.7. The lowest BCUT2D eigenvalue weighted by Gasteiger charge is -2.42. The molecular formula is C38H50ClN5O5. The van der Waals surface area contributed by atoms with Crippen LogP contribution in [-0.4, -0.2) is 109 Å². The third-order valence-electron chi connectivity index (χ3n) is 10.7. The van der Waals surface area contributed by atoms with Crippen LogP contribution in [0.25, 0.3) is 0 Å². The number of urea groups is 1. The van der Waals surface area contributed by atoms with Gasteiger partial charge in [0.2, 0.25) is 5.91 Å². The minimum atomic E-state index is -0.424. The lowest BCUT2D eigenvalue weighted by molar-refractivity contribution is -0.138. The Balaban J connectivity index is 1.11. The molecule has 11 heteroatoms. The summed E-state index contributed by atoms with van der Waals surface area (Å²) in [6, 6.07) is 12.5. The second-order valence-corrected chi connectivity index (χ2v) is 14.3. The highest BCUT2D eigenvalue weighted by Crippen LogP contribution is 2.33. The van der Waals surface area contributed by atoms with E-state index < -0.39 is 5.97 Å². The Labute approximate surface area is 295 Å². The Morgan fingerprint density at radius 2 is 1.69 bits per heavy atom. The van der Waals surface area contributed by atoms with Crippen molar-refractivity contribution in [2.24, 2.45) is 5.92 Å². The van der Waals surface area contributed by atoms with Crippen molar-refractivity contribution in [3.8, 4) is 5.75 Å². The summed E-state index contributed by atoms with van der Waals surface area (Å²) in [4.78, 5) is 47.9. The summed E-state index contributed by atoms with van der Waals surface area (Å²) in [5, 5.41) is 3.47. The molecule has 4 aliphatic rings. The molecule has 0 unspecified atom stereocenters. The summed E-state index contributed by atoms with van der Waals surface area (Å²) in [6.07, 6.45) is 5.67. The summed E-state index contributed by atoms with van der Waals surface area (Å²) >= 11 is 6.59. The molecule has 2 aromatic carbocycles. The first-order valence-electron chi connectivity index (χ1n) is 17.8. The van der Waals surface area contributed by atoms with Crippen LogP contribution in [0.3, 0.4) is 0 Å². The topological polar surface area (TPSA) is 94.7 Å². The van der Waals surface area contributed by atoms with Crippen molar-refractivity contribution in [3.05, 3.63) is 70.4 Å². The van der Waals surface area contributed by atoms with Crippen molar-refractivity contribution in [1.29, 1.82) is 0 Å². The van der Waals surface area contributed by atoms with E-state index in [0.717, 1.165) is 94.0 Å². The Kier molecular flexibility index (Phi) is 11.5. The van der Waals surface area contributed by atoms with Gasteiger partial charge in [-0.1, -0.05) is 42.4 Å². The van der Waals surface area contributed by atoms with E-state index >= 15 is 0 Å². The van der Waals surface area contributed by atoms with E-state index in [4.69, 9.17) is 21.1 Å². The maximum absolute atomic E-state index is 14.3. The normalized spacial score (nSPS) is 20.3. The van der Waals surface area contributed by atoms with Gasteiger partial charge in [0.05, 0.1) is 5.02 Å². The number of amides is 3. The standard InChI is InChI=1S/C38H50ClN5O5/c1-26-22-29(25-34(39)36(26)49-28(3)45)24-31(37(46)43-18-16-42(17-19-43)32-11-20-48-21-12-32)23-27(2)41-13-9-33(10-14-41)44-15-8-30-6-4-5-7-35(30)40-38(44)47/h4-7,22,25,31-33H,2,8-21,23-24H2,1,3H3,(H,40,47)/t31-/m1/s1. The van der Waals surface area contributed by atoms with Gasteiger partial charge in [0.1, 0.15) is 0 Å². The van der Waals surface area contributed by atoms with Gasteiger partial charge in [0.25, 0.3) is 0 Å². The number of piperidine rings is 1. The van der Waals surface area contributed by atoms with E-state index in [2.05, 4.69) is 27.8 Å². The molecule has 4 heterocycles. The molecule has 0 bridgehead atoms. The number of halogens is 1. The van der Waals surface area contributed by atoms with Crippen molar-refractivity contribution in [2.45, 2.75) is 70.9 Å². The van der Waals surface area contributed by atoms with E-state index in [9.17, 15) is 14.4 Å². The van der Waals surface area contributed by atoms with Crippen molar-refractivity contribution in [2.75, 3.05) is 64.3 Å². The van der Waals surface area contributed by atoms with Crippen molar-refractivity contribution in [3.63, 3.8) is 0 Å². The van der Waals surface area contributed by atoms with Gasteiger partial charge in [-0.3, -0.25) is 14.5 Å². The van der Waals surface area contributed by atoms with Gasteiger partial charge in [0, 0.05) is 95.3 Å². The molecule has 0 radical (unpaired) electrons. The van der Waals surface area contributed by atoms with Gasteiger partial charge in [-0.25, -0.2) is 4.79 Å². The lowest BCUT2D eigenvalue weighted by atomic mass is 9.91. The lowest BCUT2D eigenvalue weighted by Crippen LogP contribution is -2.54. The Bertz CT molecular complexity index is 1510. The van der Waals surface area contributed by atoms with Gasteiger partial charge in [-0.2, -0.15) is 0 Å². The maximum atomic E-state index is 14.3. The molecule has 3 fully saturated rings. The number of carbonyl (C=O) groups excluding carboxylic acids is 3. The minimum absolute atomic E-state index is 0.0292. The average Bonchev–Trinajstić information content (AvgIpc) is 3.27. The molecule has 0 aromatic heterocycles. The zero-order chi connectivity index (χ0) is 34.5. The molecular weight excluding hydrogens is 642 g/mol. The van der Waals surface area contributed by atoms with E-state index in [0.29, 0.717) is 49.3 Å². The summed E-state index contributed by atoms with van der Waals surface area (Å²) in [5.41, 5.74) is 4.71. The SMILES string of the molecule is C=C(C[C@H](Cc1cc(C)c(OC(C)=O)c(Cl)c1)C(=O)N1CCN(C2CCOCC2)CC1)N1CCC(N2CCc3ccccc3NC2=O)CC1. The summed E-state index contributed by atoms with van der Waals surface area (Å²) in [7, 11) is 0. The van der Waals surface area contributed by atoms with Crippen LogP contribution in [0.5, 0.6) is 5.75 Å². The highest BCUT2D eigenvalue weighted by Gasteiger charge is 2.34. The third-order valence-corrected chi connectivity index (χ3v) is 11.0. The Morgan fingerprint density at radius 3 is 2.39 bits per heavy atom. The van der Waals surface area contributed by atoms with Crippen LogP contribution in [0.2, 0.25) is 5.02 Å². The number of hydrogen-bond acceptors (Lipinski definition) is 7. The number of piperazine rings is 1. The number of aryl methyl sites for hydroxylation is 1. The number of hydrogen-bond donors (Lipinski definition) is 1. The zero-order valence-electron chi connectivity index (χ0n) is 28.9. The third kappa shape index (κ3) is 8.59. The van der Waals surface area contributed by atoms with Gasteiger partial charge in [-0.05, 0) is 80.7 Å². The smallest absolute Gasteiger partial charge is 0.322 e. The number of para-hydroxylation sites is 1. The van der Waals surface area contributed by atoms with Crippen molar-refractivity contribution in [1.82, 2.24) is 19.6 Å². The number of fused-ring (bicyclic) bond motifs is 1. The molecule has 0 spiro atoms. The summed E-state index contributed by atoms with van der Waals surface area (Å²) in [5.74, 6) is -0.238. The number of allylic oxidation sites excluding steroid dienone is 1. The molecule has 49 heavy (non-hydrogen) atoms. The van der Waals surface area contributed by atoms with Crippen molar-refractivity contribution >= 4 is 35.2 Å². The van der Waals surface area contributed by atoms with Crippen LogP contribution < -0.4 is 10.1 Å². The van der Waals surface area contributed by atoms with Crippen molar-refractivity contribution < 1.29 is 23.9 Å². The number of likely N-dealkylation sites (tertiary alicyclic amines) is 1. The molecule has 0 aliphatic carbocycles. The fourth-order valence-corrected chi connectivity index (χ4v) is 8.31. The number of nitrogens with zero attached hydrogens (tertiary/aromatic N) is 4. The summed E-state index contributed by atoms with van der Waals surface area (Å²) in [6.45, 7) is 14.8. The van der Waals surface area contributed by atoms with E-state index in [-0.39, 0.29) is 23.9 Å². The number of anilines is 1. The monoisotopic (exact) mass is 691 g/mol. The molecule has 1 atom stereocenters. The van der Waals surface area contributed by atoms with Gasteiger partial charge >= 0.3 is 12.0 Å². The minimum Gasteiger partial charge on any atom is -0.425 e. The van der Waals surface area contributed by atoms with Gasteiger partial charge in [-0.15, -0.1) is 0 Å². The van der Waals surface area contributed by atoms with E-state index in [1.54, 1.807) is 0 Å². The molecule has 0 saturated carbocycles. The number of rotatable bonds is 9. The molecule has 1 N–H and O–H groups in total. The van der Waals surface area contributed by atoms with Crippen LogP contribution in [0.15, 0.2) is 48.7 Å². The van der Waals surface area contributed by atoms with Crippen LogP contribution in [0, 0.1) is 12.8 Å². The van der Waals surface area contributed by atoms with E-state index in [1.807, 2.05) is 47.1 Å². The van der Waals surface area contributed by atoms with Gasteiger partial charge in [0.15, 0.2) is 5.75 Å². The largest absolute Gasteiger partial charge is 0.425 e. The molecule has 3 amide bonds. The average molecular weight is 692 g/mol. The Morgan fingerprint density at radius 1 is 0.980 bits per heavy atom. The highest BCUT2D eigenvalue weighted by molar-refractivity contribution is 6.32. The first-order chi connectivity index (χ1) is 23.7. The molecule has 4 aliphatic heterocycles. The molecule has 3 saturated heterocycles. The first-order valence-corrected chi connectivity index (χ1v) is 18.2. The van der Waals surface area contributed by atoms with Crippen LogP contribution in [0.1, 0.15) is 55.7 Å².